The van der Waals surface area contributed by atoms with Crippen LogP contribution in [0.2, 0.25) is 0 Å². The number of carbonyl (C=O) groups excluding carboxylic acids is 2. The number of hydrogen-bond acceptors (Lipinski definition) is 5. The van der Waals surface area contributed by atoms with Crippen molar-refractivity contribution >= 4 is 47.3 Å². The summed E-state index contributed by atoms with van der Waals surface area (Å²) < 4.78 is 8.80. The van der Waals surface area contributed by atoms with Crippen LogP contribution in [0.15, 0.2) is 0 Å². The molecule has 0 aliphatic carbocycles. The van der Waals surface area contributed by atoms with E-state index < -0.39 is 11.9 Å². The van der Waals surface area contributed by atoms with E-state index in [1.54, 1.807) is 13.8 Å². The maximum Gasteiger partial charge on any atom is 0.320 e. The first-order chi connectivity index (χ1) is 5.20. The van der Waals surface area contributed by atoms with Crippen LogP contribution in [0, 0.1) is 0 Å². The average molecular weight is 205 g/mol. The van der Waals surface area contributed by atoms with Crippen LogP contribution in [0.1, 0.15) is 26.7 Å². The summed E-state index contributed by atoms with van der Waals surface area (Å²) in [6.45, 7) is 3.31. The van der Waals surface area contributed by atoms with Gasteiger partial charge in [0.05, 0.1) is 0 Å². The Balaban J connectivity index is 0. The Morgan fingerprint density at radius 2 is 1.42 bits per heavy atom. The molecule has 0 rings (SSSR count). The van der Waals surface area contributed by atoms with E-state index >= 15 is 0 Å². The van der Waals surface area contributed by atoms with Crippen LogP contribution in [-0.4, -0.2) is 35.0 Å². The molecule has 0 aromatic heterocycles. The Bertz CT molecular complexity index is 134. The van der Waals surface area contributed by atoms with Gasteiger partial charge < -0.3 is 8.37 Å². The van der Waals surface area contributed by atoms with Crippen LogP contribution in [0.4, 0.5) is 0 Å². The minimum Gasteiger partial charge on any atom is -0.355 e. The Morgan fingerprint density at radius 1 is 1.08 bits per heavy atom. The maximum absolute atomic E-state index is 10.4. The van der Waals surface area contributed by atoms with Gasteiger partial charge in [0.2, 0.25) is 0 Å². The van der Waals surface area contributed by atoms with E-state index in [2.05, 4.69) is 8.37 Å². The third-order valence-electron chi connectivity index (χ3n) is 0.831. The zero-order valence-corrected chi connectivity index (χ0v) is 7.27. The number of carbonyl (C=O) groups is 2. The highest BCUT2D eigenvalue weighted by Crippen LogP contribution is 2.07. The molecule has 0 radical (unpaired) electrons. The Labute approximate surface area is 91.9 Å². The molecule has 0 atom stereocenters. The van der Waals surface area contributed by atoms with Crippen molar-refractivity contribution in [2.24, 2.45) is 0 Å². The largest absolute Gasteiger partial charge is 0.355 e. The van der Waals surface area contributed by atoms with Crippen LogP contribution < -0.4 is 0 Å². The number of hydrogen-bond donors (Lipinski definition) is 0. The van der Waals surface area contributed by atoms with E-state index in [4.69, 9.17) is 0 Å². The van der Waals surface area contributed by atoms with Crippen molar-refractivity contribution in [1.29, 1.82) is 0 Å². The van der Waals surface area contributed by atoms with Gasteiger partial charge in [0.25, 0.3) is 12.3 Å². The summed E-state index contributed by atoms with van der Waals surface area (Å²) >= 11 is 0.420. The second kappa shape index (κ2) is 9.15. The van der Waals surface area contributed by atoms with Crippen molar-refractivity contribution in [3.8, 4) is 0 Å². The van der Waals surface area contributed by atoms with Crippen LogP contribution in [-0.2, 0) is 18.0 Å². The van der Waals surface area contributed by atoms with E-state index in [0.717, 1.165) is 0 Å². The fourth-order valence-electron chi connectivity index (χ4n) is 0.211. The molecule has 0 fully saturated rings. The molecule has 0 unspecified atom stereocenters. The highest BCUT2D eigenvalue weighted by molar-refractivity contribution is 7.90. The first-order valence-electron chi connectivity index (χ1n) is 3.27. The summed E-state index contributed by atoms with van der Waals surface area (Å²) in [5, 5.41) is 0. The van der Waals surface area contributed by atoms with Crippen LogP contribution >= 0.6 is 12.3 Å². The lowest BCUT2D eigenvalue weighted by Crippen LogP contribution is -2.00. The van der Waals surface area contributed by atoms with Crippen molar-refractivity contribution in [2.45, 2.75) is 26.7 Å². The summed E-state index contributed by atoms with van der Waals surface area (Å²) in [5.41, 5.74) is 0. The highest BCUT2D eigenvalue weighted by Gasteiger charge is 2.03. The predicted molar refractivity (Wildman–Crippen MR) is 48.9 cm³/mol. The van der Waals surface area contributed by atoms with E-state index in [9.17, 15) is 9.59 Å². The molecule has 0 spiro atoms. The third-order valence-corrected chi connectivity index (χ3v) is 1.34. The van der Waals surface area contributed by atoms with E-state index in [-0.39, 0.29) is 35.9 Å². The van der Waals surface area contributed by atoms with Crippen molar-refractivity contribution in [1.82, 2.24) is 0 Å². The molecule has 0 aliphatic heterocycles. The van der Waals surface area contributed by atoms with Gasteiger partial charge in [-0.1, -0.05) is 13.8 Å². The topological polar surface area (TPSA) is 52.6 Å². The molecule has 6 heteroatoms. The van der Waals surface area contributed by atoms with Crippen molar-refractivity contribution < 1.29 is 18.0 Å². The molecule has 0 aliphatic rings. The summed E-state index contributed by atoms with van der Waals surface area (Å²) in [4.78, 5) is 20.9. The second-order valence-electron chi connectivity index (χ2n) is 1.69. The summed E-state index contributed by atoms with van der Waals surface area (Å²) in [5.74, 6) is -0.808. The summed E-state index contributed by atoms with van der Waals surface area (Å²) in [6, 6.07) is 0. The van der Waals surface area contributed by atoms with Gasteiger partial charge >= 0.3 is 35.0 Å². The molecule has 0 aromatic carbocycles. The van der Waals surface area contributed by atoms with Gasteiger partial charge in [0, 0.05) is 12.8 Å². The highest BCUT2D eigenvalue weighted by atomic mass is 32.2. The average Bonchev–Trinajstić information content (AvgIpc) is 2.04. The van der Waals surface area contributed by atoms with Crippen molar-refractivity contribution in [2.75, 3.05) is 0 Å². The minimum absolute atomic E-state index is 0. The van der Waals surface area contributed by atoms with Crippen LogP contribution in [0.25, 0.3) is 0 Å². The van der Waals surface area contributed by atoms with Crippen LogP contribution in [0.5, 0.6) is 0 Å². The van der Waals surface area contributed by atoms with Gasteiger partial charge in [0.1, 0.15) is 0 Å². The first-order valence-corrected chi connectivity index (χ1v) is 3.94. The molecule has 0 saturated carbocycles. The molecular formula is C6H12MgO4S. The van der Waals surface area contributed by atoms with Gasteiger partial charge in [-0.3, -0.25) is 9.59 Å². The lowest BCUT2D eigenvalue weighted by Gasteiger charge is -1.98. The third kappa shape index (κ3) is 8.16. The molecule has 0 N–H and O–H groups in total. The van der Waals surface area contributed by atoms with E-state index in [1.807, 2.05) is 0 Å². The fourth-order valence-corrected chi connectivity index (χ4v) is 0.632. The molecule has 0 heterocycles. The van der Waals surface area contributed by atoms with Gasteiger partial charge in [-0.2, -0.15) is 0 Å². The first kappa shape index (κ1) is 14.6. The molecule has 4 nitrogen and oxygen atoms in total. The quantitative estimate of drug-likeness (QED) is 0.494. The van der Waals surface area contributed by atoms with Gasteiger partial charge in [-0.25, -0.2) is 0 Å². The molecule has 68 valence electrons. The van der Waals surface area contributed by atoms with Crippen molar-refractivity contribution in [3.63, 3.8) is 0 Å². The molecule has 0 aromatic rings. The molecule has 12 heavy (non-hydrogen) atoms. The minimum atomic E-state index is -0.404. The fraction of sp³-hybridized carbons (Fsp3) is 0.667. The van der Waals surface area contributed by atoms with Gasteiger partial charge in [0.15, 0.2) is 0 Å². The zero-order chi connectivity index (χ0) is 8.69. The number of rotatable bonds is 4. The molecular weight excluding hydrogens is 192 g/mol. The lowest BCUT2D eigenvalue weighted by atomic mass is 10.5. The summed E-state index contributed by atoms with van der Waals surface area (Å²) in [7, 11) is 0. The Kier molecular flexibility index (Phi) is 11.1. The Morgan fingerprint density at radius 3 is 1.67 bits per heavy atom. The second-order valence-corrected chi connectivity index (χ2v) is 2.16. The standard InChI is InChI=1S/C6H10O4S.Mg.2H/c1-3-5(7)9-11-10-6(8)4-2;;;/h3-4H2,1-2H3;;;. The lowest BCUT2D eigenvalue weighted by molar-refractivity contribution is -0.135. The molecule has 0 bridgehead atoms. The SMILES string of the molecule is CCC(=O)OSOC(=O)CC.[MgH2]. The normalized spacial score (nSPS) is 8.17. The molecule has 0 amide bonds. The van der Waals surface area contributed by atoms with Gasteiger partial charge in [-0.05, 0) is 0 Å². The molecule has 0 saturated heterocycles. The monoisotopic (exact) mass is 204 g/mol. The van der Waals surface area contributed by atoms with Crippen LogP contribution in [0.3, 0.4) is 0 Å². The van der Waals surface area contributed by atoms with Crippen molar-refractivity contribution in [3.05, 3.63) is 0 Å². The van der Waals surface area contributed by atoms with E-state index in [1.165, 1.54) is 0 Å². The summed E-state index contributed by atoms with van der Waals surface area (Å²) in [6.07, 6.45) is 0.549. The van der Waals surface area contributed by atoms with E-state index in [0.29, 0.717) is 12.3 Å². The smallest absolute Gasteiger partial charge is 0.320 e. The maximum atomic E-state index is 10.4. The van der Waals surface area contributed by atoms with Gasteiger partial charge in [-0.15, -0.1) is 0 Å². The Hall–Kier alpha value is 0.0562. The predicted octanol–water partition coefficient (Wildman–Crippen LogP) is 0.540. The zero-order valence-electron chi connectivity index (χ0n) is 6.46.